The Balaban J connectivity index is 1.86. The van der Waals surface area contributed by atoms with Gasteiger partial charge < -0.3 is 14.6 Å². The van der Waals surface area contributed by atoms with Crippen LogP contribution in [0.3, 0.4) is 0 Å². The van der Waals surface area contributed by atoms with Gasteiger partial charge in [-0.15, -0.1) is 11.3 Å². The first-order valence-electron chi connectivity index (χ1n) is 6.37. The van der Waals surface area contributed by atoms with Gasteiger partial charge in [0.05, 0.1) is 10.4 Å². The zero-order valence-electron chi connectivity index (χ0n) is 11.5. The summed E-state index contributed by atoms with van der Waals surface area (Å²) in [5.74, 6) is 0.328. The molecule has 0 atom stereocenters. The zero-order valence-corrected chi connectivity index (χ0v) is 13.9. The molecule has 0 aliphatic carbocycles. The van der Waals surface area contributed by atoms with E-state index in [2.05, 4.69) is 22.0 Å². The first-order valence-corrected chi connectivity index (χ1v) is 7.98. The van der Waals surface area contributed by atoms with Gasteiger partial charge in [-0.05, 0) is 58.7 Å². The molecule has 1 N–H and O–H groups in total. The standard InChI is InChI=1S/C15H15BrO4S/c1-10-8-11(2-4-13(10)20-9-15(17)18)19-7-6-12-3-5-14(16)21-12/h2-5,8H,6-7,9H2,1H3,(H,17,18). The molecule has 0 bridgehead atoms. The third-order valence-electron chi connectivity index (χ3n) is 2.74. The fourth-order valence-electron chi connectivity index (χ4n) is 1.77. The summed E-state index contributed by atoms with van der Waals surface area (Å²) in [5.41, 5.74) is 0.854. The Bertz CT molecular complexity index is 624. The minimum absolute atomic E-state index is 0.339. The third kappa shape index (κ3) is 5.06. The largest absolute Gasteiger partial charge is 0.493 e. The molecule has 0 unspecified atom stereocenters. The Kier molecular flexibility index (Phi) is 5.64. The molecular weight excluding hydrogens is 356 g/mol. The van der Waals surface area contributed by atoms with E-state index < -0.39 is 5.97 Å². The van der Waals surface area contributed by atoms with E-state index in [-0.39, 0.29) is 6.61 Å². The maximum absolute atomic E-state index is 10.5. The quantitative estimate of drug-likeness (QED) is 0.802. The van der Waals surface area contributed by atoms with Crippen LogP contribution in [0.15, 0.2) is 34.1 Å². The van der Waals surface area contributed by atoms with Crippen LogP contribution in [0.4, 0.5) is 0 Å². The molecule has 4 nitrogen and oxygen atoms in total. The van der Waals surface area contributed by atoms with Gasteiger partial charge in [-0.25, -0.2) is 4.79 Å². The lowest BCUT2D eigenvalue weighted by Gasteiger charge is -2.10. The molecule has 1 aromatic carbocycles. The number of benzene rings is 1. The van der Waals surface area contributed by atoms with Crippen LogP contribution in [0.25, 0.3) is 0 Å². The van der Waals surface area contributed by atoms with Gasteiger partial charge in [-0.2, -0.15) is 0 Å². The second-order valence-corrected chi connectivity index (χ2v) is 6.96. The Morgan fingerprint density at radius 1 is 1.29 bits per heavy atom. The van der Waals surface area contributed by atoms with E-state index in [4.69, 9.17) is 14.6 Å². The average Bonchev–Trinajstić information content (AvgIpc) is 2.83. The van der Waals surface area contributed by atoms with Gasteiger partial charge in [0.25, 0.3) is 0 Å². The van der Waals surface area contributed by atoms with Gasteiger partial charge in [0.15, 0.2) is 6.61 Å². The number of rotatable bonds is 7. The number of hydrogen-bond acceptors (Lipinski definition) is 4. The normalized spacial score (nSPS) is 10.4. The Hall–Kier alpha value is -1.53. The summed E-state index contributed by atoms with van der Waals surface area (Å²) in [7, 11) is 0. The van der Waals surface area contributed by atoms with Crippen LogP contribution in [0.2, 0.25) is 0 Å². The van der Waals surface area contributed by atoms with Crippen LogP contribution in [-0.2, 0) is 11.2 Å². The fourth-order valence-corrected chi connectivity index (χ4v) is 3.23. The van der Waals surface area contributed by atoms with Crippen LogP contribution in [0.5, 0.6) is 11.5 Å². The van der Waals surface area contributed by atoms with Crippen molar-refractivity contribution in [2.24, 2.45) is 0 Å². The number of aliphatic carboxylic acids is 1. The number of hydrogen-bond donors (Lipinski definition) is 1. The van der Waals surface area contributed by atoms with Gasteiger partial charge in [-0.3, -0.25) is 0 Å². The highest BCUT2D eigenvalue weighted by molar-refractivity contribution is 9.11. The number of carbonyl (C=O) groups is 1. The van der Waals surface area contributed by atoms with Crippen LogP contribution < -0.4 is 9.47 Å². The number of thiophene rings is 1. The van der Waals surface area contributed by atoms with Crippen LogP contribution in [-0.4, -0.2) is 24.3 Å². The summed E-state index contributed by atoms with van der Waals surface area (Å²) in [5, 5.41) is 8.59. The second-order valence-electron chi connectivity index (χ2n) is 4.41. The minimum Gasteiger partial charge on any atom is -0.493 e. The smallest absolute Gasteiger partial charge is 0.341 e. The Morgan fingerprint density at radius 3 is 2.71 bits per heavy atom. The van der Waals surface area contributed by atoms with Gasteiger partial charge in [-0.1, -0.05) is 0 Å². The van der Waals surface area contributed by atoms with E-state index in [0.29, 0.717) is 12.4 Å². The summed E-state index contributed by atoms with van der Waals surface area (Å²) >= 11 is 5.13. The van der Waals surface area contributed by atoms with Crippen molar-refractivity contribution in [3.8, 4) is 11.5 Å². The van der Waals surface area contributed by atoms with Crippen molar-refractivity contribution in [3.05, 3.63) is 44.6 Å². The molecule has 0 aliphatic heterocycles. The molecule has 6 heteroatoms. The molecule has 2 aromatic rings. The number of carboxylic acids is 1. The predicted molar refractivity (Wildman–Crippen MR) is 85.5 cm³/mol. The maximum Gasteiger partial charge on any atom is 0.341 e. The molecule has 0 radical (unpaired) electrons. The van der Waals surface area contributed by atoms with E-state index in [1.165, 1.54) is 4.88 Å². The first kappa shape index (κ1) is 15.9. The van der Waals surface area contributed by atoms with E-state index >= 15 is 0 Å². The second kappa shape index (κ2) is 7.47. The van der Waals surface area contributed by atoms with Crippen LogP contribution in [0, 0.1) is 6.92 Å². The molecule has 0 amide bonds. The lowest BCUT2D eigenvalue weighted by Crippen LogP contribution is -2.10. The van der Waals surface area contributed by atoms with E-state index in [1.54, 1.807) is 23.5 Å². The number of aryl methyl sites for hydroxylation is 1. The fraction of sp³-hybridized carbons (Fsp3) is 0.267. The number of carboxylic acid groups (broad SMARTS) is 1. The highest BCUT2D eigenvalue weighted by atomic mass is 79.9. The average molecular weight is 371 g/mol. The van der Waals surface area contributed by atoms with Crippen molar-refractivity contribution in [1.29, 1.82) is 0 Å². The molecule has 0 aliphatic rings. The van der Waals surface area contributed by atoms with Gasteiger partial charge in [0, 0.05) is 11.3 Å². The minimum atomic E-state index is -0.989. The predicted octanol–water partition coefficient (Wildman–Crippen LogP) is 3.90. The summed E-state index contributed by atoms with van der Waals surface area (Å²) < 4.78 is 12.0. The van der Waals surface area contributed by atoms with E-state index in [9.17, 15) is 4.79 Å². The highest BCUT2D eigenvalue weighted by Crippen LogP contribution is 2.25. The molecule has 1 heterocycles. The van der Waals surface area contributed by atoms with E-state index in [0.717, 1.165) is 21.5 Å². The molecule has 0 spiro atoms. The van der Waals surface area contributed by atoms with Crippen molar-refractivity contribution in [3.63, 3.8) is 0 Å². The van der Waals surface area contributed by atoms with E-state index in [1.807, 2.05) is 19.1 Å². The summed E-state index contributed by atoms with van der Waals surface area (Å²) in [6.07, 6.45) is 0.854. The summed E-state index contributed by atoms with van der Waals surface area (Å²) in [6, 6.07) is 9.47. The van der Waals surface area contributed by atoms with Crippen molar-refractivity contribution >= 4 is 33.2 Å². The maximum atomic E-state index is 10.5. The highest BCUT2D eigenvalue weighted by Gasteiger charge is 2.05. The number of ether oxygens (including phenoxy) is 2. The molecule has 0 saturated carbocycles. The summed E-state index contributed by atoms with van der Waals surface area (Å²) in [6.45, 7) is 2.12. The van der Waals surface area contributed by atoms with Crippen LogP contribution in [0.1, 0.15) is 10.4 Å². The van der Waals surface area contributed by atoms with Crippen molar-refractivity contribution in [1.82, 2.24) is 0 Å². The molecule has 0 fully saturated rings. The lowest BCUT2D eigenvalue weighted by atomic mass is 10.2. The van der Waals surface area contributed by atoms with Crippen molar-refractivity contribution in [2.45, 2.75) is 13.3 Å². The van der Waals surface area contributed by atoms with Gasteiger partial charge in [0.2, 0.25) is 0 Å². The number of halogens is 1. The van der Waals surface area contributed by atoms with Crippen molar-refractivity contribution < 1.29 is 19.4 Å². The Labute approximate surface area is 135 Å². The lowest BCUT2D eigenvalue weighted by molar-refractivity contribution is -0.139. The monoisotopic (exact) mass is 370 g/mol. The Morgan fingerprint density at radius 2 is 2.10 bits per heavy atom. The molecule has 21 heavy (non-hydrogen) atoms. The topological polar surface area (TPSA) is 55.8 Å². The first-order chi connectivity index (χ1) is 10.0. The molecule has 0 saturated heterocycles. The van der Waals surface area contributed by atoms with Gasteiger partial charge >= 0.3 is 5.97 Å². The van der Waals surface area contributed by atoms with Crippen LogP contribution >= 0.6 is 27.3 Å². The SMILES string of the molecule is Cc1cc(OCCc2ccc(Br)s2)ccc1OCC(=O)O. The third-order valence-corrected chi connectivity index (χ3v) is 4.43. The zero-order chi connectivity index (χ0) is 15.2. The molecular formula is C15H15BrO4S. The molecule has 1 aromatic heterocycles. The molecule has 112 valence electrons. The molecule has 2 rings (SSSR count). The van der Waals surface area contributed by atoms with Crippen molar-refractivity contribution in [2.75, 3.05) is 13.2 Å². The summed E-state index contributed by atoms with van der Waals surface area (Å²) in [4.78, 5) is 11.7. The van der Waals surface area contributed by atoms with Gasteiger partial charge in [0.1, 0.15) is 11.5 Å².